The average Bonchev–Trinajstić information content (AvgIpc) is 2.28. The smallest absolute Gasteiger partial charge is 0.488 e. The van der Waals surface area contributed by atoms with E-state index in [9.17, 15) is 4.79 Å². The Bertz CT molecular complexity index is 382. The van der Waals surface area contributed by atoms with E-state index in [0.717, 1.165) is 6.54 Å². The molecular formula is C11H16BNO4. The van der Waals surface area contributed by atoms with Crippen LogP contribution >= 0.6 is 0 Å². The minimum Gasteiger partial charge on any atom is -0.492 e. The molecule has 0 heterocycles. The number of benzene rings is 1. The number of carbonyl (C=O) groups excluding carboxylic acids is 1. The van der Waals surface area contributed by atoms with E-state index in [1.54, 1.807) is 6.07 Å². The molecule has 0 aliphatic rings. The maximum absolute atomic E-state index is 10.8. The second-order valence-electron chi connectivity index (χ2n) is 3.94. The predicted molar refractivity (Wildman–Crippen MR) is 65.7 cm³/mol. The molecule has 0 aliphatic carbocycles. The van der Waals surface area contributed by atoms with Crippen LogP contribution in [0, 0.1) is 0 Å². The lowest BCUT2D eigenvalue weighted by Gasteiger charge is -2.12. The molecule has 0 radical (unpaired) electrons. The van der Waals surface area contributed by atoms with E-state index < -0.39 is 7.12 Å². The van der Waals surface area contributed by atoms with Crippen LogP contribution in [0.4, 0.5) is 0 Å². The summed E-state index contributed by atoms with van der Waals surface area (Å²) in [6.45, 7) is 1.21. The van der Waals surface area contributed by atoms with Gasteiger partial charge in [0.05, 0.1) is 5.56 Å². The largest absolute Gasteiger partial charge is 0.492 e. The van der Waals surface area contributed by atoms with Gasteiger partial charge in [0.1, 0.15) is 12.4 Å². The third kappa shape index (κ3) is 4.18. The first-order valence-electron chi connectivity index (χ1n) is 5.27. The fraction of sp³-hybridized carbons (Fsp3) is 0.364. The first kappa shape index (κ1) is 13.7. The molecule has 0 unspecified atom stereocenters. The van der Waals surface area contributed by atoms with Crippen molar-refractivity contribution < 1.29 is 19.6 Å². The predicted octanol–water partition coefficient (Wildman–Crippen LogP) is -0.881. The van der Waals surface area contributed by atoms with Crippen molar-refractivity contribution in [1.82, 2.24) is 4.90 Å². The summed E-state index contributed by atoms with van der Waals surface area (Å²) in [6.07, 6.45) is 0.636. The van der Waals surface area contributed by atoms with Gasteiger partial charge in [-0.1, -0.05) is 6.07 Å². The molecule has 1 aromatic rings. The molecular weight excluding hydrogens is 221 g/mol. The van der Waals surface area contributed by atoms with Gasteiger partial charge in [0.25, 0.3) is 0 Å². The summed E-state index contributed by atoms with van der Waals surface area (Å²) in [4.78, 5) is 12.8. The van der Waals surface area contributed by atoms with Crippen LogP contribution in [0.5, 0.6) is 5.75 Å². The minimum atomic E-state index is -1.58. The fourth-order valence-electron chi connectivity index (χ4n) is 1.29. The molecule has 0 spiro atoms. The minimum absolute atomic E-state index is 0.270. The van der Waals surface area contributed by atoms with Crippen molar-refractivity contribution in [2.45, 2.75) is 0 Å². The Labute approximate surface area is 101 Å². The van der Waals surface area contributed by atoms with Gasteiger partial charge in [0.2, 0.25) is 0 Å². The van der Waals surface area contributed by atoms with E-state index in [1.807, 2.05) is 19.0 Å². The van der Waals surface area contributed by atoms with Gasteiger partial charge in [-0.05, 0) is 31.7 Å². The summed E-state index contributed by atoms with van der Waals surface area (Å²) in [7, 11) is 2.27. The van der Waals surface area contributed by atoms with E-state index in [0.29, 0.717) is 24.2 Å². The third-order valence-electron chi connectivity index (χ3n) is 2.26. The van der Waals surface area contributed by atoms with Crippen molar-refractivity contribution in [3.8, 4) is 5.75 Å². The van der Waals surface area contributed by atoms with Crippen LogP contribution in [-0.2, 0) is 0 Å². The SMILES string of the molecule is CN(C)CCOc1ccc(B(O)O)cc1C=O. The summed E-state index contributed by atoms with van der Waals surface area (Å²) >= 11 is 0. The Balaban J connectivity index is 2.75. The molecule has 0 aliphatic heterocycles. The van der Waals surface area contributed by atoms with Crippen LogP contribution in [0.2, 0.25) is 0 Å². The normalized spacial score (nSPS) is 10.4. The Kier molecular flexibility index (Phi) is 5.15. The lowest BCUT2D eigenvalue weighted by molar-refractivity contribution is 0.111. The Hall–Kier alpha value is -1.37. The number of likely N-dealkylation sites (N-methyl/N-ethyl adjacent to an activating group) is 1. The zero-order valence-electron chi connectivity index (χ0n) is 9.96. The van der Waals surface area contributed by atoms with Gasteiger partial charge in [-0.2, -0.15) is 0 Å². The van der Waals surface area contributed by atoms with Gasteiger partial charge in [0.15, 0.2) is 6.29 Å². The second kappa shape index (κ2) is 6.39. The van der Waals surface area contributed by atoms with E-state index in [2.05, 4.69) is 0 Å². The van der Waals surface area contributed by atoms with Crippen molar-refractivity contribution in [2.75, 3.05) is 27.2 Å². The maximum Gasteiger partial charge on any atom is 0.488 e. The van der Waals surface area contributed by atoms with Crippen molar-refractivity contribution in [3.05, 3.63) is 23.8 Å². The average molecular weight is 237 g/mol. The highest BCUT2D eigenvalue weighted by molar-refractivity contribution is 6.58. The molecule has 6 heteroatoms. The number of rotatable bonds is 6. The monoisotopic (exact) mass is 237 g/mol. The summed E-state index contributed by atoms with van der Waals surface area (Å²) in [6, 6.07) is 4.49. The Morgan fingerprint density at radius 1 is 1.41 bits per heavy atom. The number of nitrogens with zero attached hydrogens (tertiary/aromatic N) is 1. The molecule has 0 amide bonds. The topological polar surface area (TPSA) is 70.0 Å². The number of hydrogen-bond acceptors (Lipinski definition) is 5. The third-order valence-corrected chi connectivity index (χ3v) is 2.26. The van der Waals surface area contributed by atoms with Crippen LogP contribution in [0.1, 0.15) is 10.4 Å². The lowest BCUT2D eigenvalue weighted by atomic mass is 9.79. The molecule has 5 nitrogen and oxygen atoms in total. The molecule has 92 valence electrons. The maximum atomic E-state index is 10.8. The van der Waals surface area contributed by atoms with Crippen molar-refractivity contribution in [1.29, 1.82) is 0 Å². The molecule has 2 N–H and O–H groups in total. The van der Waals surface area contributed by atoms with Gasteiger partial charge in [-0.15, -0.1) is 0 Å². The molecule has 0 saturated heterocycles. The summed E-state index contributed by atoms with van der Waals surface area (Å²) in [5.74, 6) is 0.450. The summed E-state index contributed by atoms with van der Waals surface area (Å²) in [5.41, 5.74) is 0.585. The second-order valence-corrected chi connectivity index (χ2v) is 3.94. The van der Waals surface area contributed by atoms with Crippen molar-refractivity contribution >= 4 is 18.9 Å². The van der Waals surface area contributed by atoms with Crippen LogP contribution in [0.25, 0.3) is 0 Å². The molecule has 1 rings (SSSR count). The van der Waals surface area contributed by atoms with Crippen molar-refractivity contribution in [3.63, 3.8) is 0 Å². The first-order valence-corrected chi connectivity index (χ1v) is 5.27. The quantitative estimate of drug-likeness (QED) is 0.496. The number of ether oxygens (including phenoxy) is 1. The highest BCUT2D eigenvalue weighted by Gasteiger charge is 2.13. The van der Waals surface area contributed by atoms with E-state index in [1.165, 1.54) is 12.1 Å². The van der Waals surface area contributed by atoms with Crippen LogP contribution < -0.4 is 10.2 Å². The van der Waals surface area contributed by atoms with E-state index in [4.69, 9.17) is 14.8 Å². The highest BCUT2D eigenvalue weighted by atomic mass is 16.5. The molecule has 0 atom stereocenters. The van der Waals surface area contributed by atoms with Gasteiger partial charge in [0, 0.05) is 6.54 Å². The molecule has 0 fully saturated rings. The van der Waals surface area contributed by atoms with Gasteiger partial charge >= 0.3 is 7.12 Å². The number of aldehydes is 1. The molecule has 1 aromatic carbocycles. The molecule has 0 aromatic heterocycles. The molecule has 17 heavy (non-hydrogen) atoms. The lowest BCUT2D eigenvalue weighted by Crippen LogP contribution is -2.30. The zero-order valence-corrected chi connectivity index (χ0v) is 9.96. The van der Waals surface area contributed by atoms with Crippen LogP contribution in [-0.4, -0.2) is 55.6 Å². The Morgan fingerprint density at radius 3 is 2.65 bits per heavy atom. The van der Waals surface area contributed by atoms with Gasteiger partial charge in [-0.3, -0.25) is 4.79 Å². The summed E-state index contributed by atoms with van der Waals surface area (Å²) < 4.78 is 5.44. The molecule has 0 saturated carbocycles. The summed E-state index contributed by atoms with van der Waals surface area (Å²) in [5, 5.41) is 18.0. The van der Waals surface area contributed by atoms with E-state index in [-0.39, 0.29) is 5.46 Å². The molecule has 0 bridgehead atoms. The standard InChI is InChI=1S/C11H16BNO4/c1-13(2)5-6-17-11-4-3-10(12(15)16)7-9(11)8-14/h3-4,7-8,15-16H,5-6H2,1-2H3. The first-order chi connectivity index (χ1) is 8.04. The number of carbonyl (C=O) groups is 1. The van der Waals surface area contributed by atoms with Crippen molar-refractivity contribution in [2.24, 2.45) is 0 Å². The zero-order chi connectivity index (χ0) is 12.8. The van der Waals surface area contributed by atoms with Crippen LogP contribution in [0.3, 0.4) is 0 Å². The van der Waals surface area contributed by atoms with E-state index >= 15 is 0 Å². The van der Waals surface area contributed by atoms with Gasteiger partial charge < -0.3 is 19.7 Å². The van der Waals surface area contributed by atoms with Gasteiger partial charge in [-0.25, -0.2) is 0 Å². The highest BCUT2D eigenvalue weighted by Crippen LogP contribution is 2.14. The fourth-order valence-corrected chi connectivity index (χ4v) is 1.29. The number of hydrogen-bond donors (Lipinski definition) is 2. The Morgan fingerprint density at radius 2 is 2.12 bits per heavy atom. The van der Waals surface area contributed by atoms with Crippen LogP contribution in [0.15, 0.2) is 18.2 Å².